The molecule has 3 nitrogen and oxygen atoms in total. The van der Waals surface area contributed by atoms with Crippen LogP contribution in [0.2, 0.25) is 0 Å². The number of anilines is 1. The van der Waals surface area contributed by atoms with Gasteiger partial charge in [0.1, 0.15) is 0 Å². The predicted octanol–water partition coefficient (Wildman–Crippen LogP) is 4.74. The summed E-state index contributed by atoms with van der Waals surface area (Å²) in [5.74, 6) is 0.627. The van der Waals surface area contributed by atoms with Gasteiger partial charge < -0.3 is 10.3 Å². The van der Waals surface area contributed by atoms with Crippen LogP contribution < -0.4 is 5.73 Å². The van der Waals surface area contributed by atoms with E-state index in [4.69, 9.17) is 5.73 Å². The Labute approximate surface area is 123 Å². The summed E-state index contributed by atoms with van der Waals surface area (Å²) in [5.41, 5.74) is 8.11. The van der Waals surface area contributed by atoms with Crippen LogP contribution in [0.3, 0.4) is 0 Å². The summed E-state index contributed by atoms with van der Waals surface area (Å²) in [6.07, 6.45) is 7.77. The first-order chi connectivity index (χ1) is 9.22. The lowest BCUT2D eigenvalue weighted by molar-refractivity contribution is 0.567. The number of imidazole rings is 1. The van der Waals surface area contributed by atoms with Gasteiger partial charge in [0.15, 0.2) is 0 Å². The number of fused-ring (bicyclic) bond motifs is 1. The highest BCUT2D eigenvalue weighted by molar-refractivity contribution is 9.10. The first-order valence-electron chi connectivity index (χ1n) is 7.13. The summed E-state index contributed by atoms with van der Waals surface area (Å²) in [7, 11) is 0. The monoisotopic (exact) mass is 323 g/mol. The average molecular weight is 324 g/mol. The molecule has 0 aliphatic heterocycles. The number of hydrogen-bond acceptors (Lipinski definition) is 2. The van der Waals surface area contributed by atoms with E-state index in [0.717, 1.165) is 22.1 Å². The van der Waals surface area contributed by atoms with E-state index in [1.54, 1.807) is 0 Å². The minimum Gasteiger partial charge on any atom is -0.369 e. The average Bonchev–Trinajstić information content (AvgIpc) is 2.69. The van der Waals surface area contributed by atoms with Crippen LogP contribution in [0.5, 0.6) is 0 Å². The van der Waals surface area contributed by atoms with Crippen molar-refractivity contribution in [2.75, 3.05) is 5.73 Å². The summed E-state index contributed by atoms with van der Waals surface area (Å²) in [5, 5.41) is 0. The van der Waals surface area contributed by atoms with E-state index in [2.05, 4.69) is 38.5 Å². The van der Waals surface area contributed by atoms with Gasteiger partial charge in [-0.15, -0.1) is 0 Å². The van der Waals surface area contributed by atoms with Gasteiger partial charge in [0.25, 0.3) is 0 Å². The topological polar surface area (TPSA) is 43.8 Å². The van der Waals surface area contributed by atoms with Crippen LogP contribution in [0.4, 0.5) is 5.95 Å². The first kappa shape index (κ1) is 14.4. The molecule has 4 heteroatoms. The lowest BCUT2D eigenvalue weighted by Gasteiger charge is -2.06. The highest BCUT2D eigenvalue weighted by atomic mass is 79.9. The fraction of sp³-hybridized carbons (Fsp3) is 0.533. The Morgan fingerprint density at radius 3 is 2.68 bits per heavy atom. The zero-order chi connectivity index (χ0) is 13.7. The Bertz CT molecular complexity index is 533. The van der Waals surface area contributed by atoms with Crippen LogP contribution >= 0.6 is 15.9 Å². The minimum absolute atomic E-state index is 0.627. The van der Waals surface area contributed by atoms with Crippen molar-refractivity contribution in [3.8, 4) is 0 Å². The van der Waals surface area contributed by atoms with Crippen molar-refractivity contribution in [1.29, 1.82) is 0 Å². The SMILES string of the molecule is CCCCCCCCn1c(N)nc2ccc(Br)cc21. The lowest BCUT2D eigenvalue weighted by Crippen LogP contribution is -2.03. The largest absolute Gasteiger partial charge is 0.369 e. The third-order valence-corrected chi connectivity index (χ3v) is 3.97. The van der Waals surface area contributed by atoms with Crippen LogP contribution in [0.25, 0.3) is 11.0 Å². The second-order valence-electron chi connectivity index (χ2n) is 5.02. The Hall–Kier alpha value is -1.03. The molecule has 1 heterocycles. The molecule has 104 valence electrons. The molecule has 0 radical (unpaired) electrons. The standard InChI is InChI=1S/C15H22BrN3/c1-2-3-4-5-6-7-10-19-14-11-12(16)8-9-13(14)18-15(19)17/h8-9,11H,2-7,10H2,1H3,(H2,17,18). The minimum atomic E-state index is 0.627. The van der Waals surface area contributed by atoms with Gasteiger partial charge in [-0.05, 0) is 24.6 Å². The van der Waals surface area contributed by atoms with Gasteiger partial charge in [-0.3, -0.25) is 0 Å². The molecule has 19 heavy (non-hydrogen) atoms. The molecule has 0 saturated heterocycles. The van der Waals surface area contributed by atoms with E-state index < -0.39 is 0 Å². The highest BCUT2D eigenvalue weighted by Gasteiger charge is 2.07. The molecule has 1 aromatic heterocycles. The third-order valence-electron chi connectivity index (χ3n) is 3.48. The number of aromatic nitrogens is 2. The molecule has 2 rings (SSSR count). The smallest absolute Gasteiger partial charge is 0.201 e. The van der Waals surface area contributed by atoms with Crippen molar-refractivity contribution in [2.45, 2.75) is 52.0 Å². The number of halogens is 1. The molecule has 2 aromatic rings. The van der Waals surface area contributed by atoms with Gasteiger partial charge in [-0.25, -0.2) is 4.98 Å². The van der Waals surface area contributed by atoms with E-state index in [1.807, 2.05) is 12.1 Å². The van der Waals surface area contributed by atoms with Crippen molar-refractivity contribution in [1.82, 2.24) is 9.55 Å². The zero-order valence-corrected chi connectivity index (χ0v) is 13.1. The number of aryl methyl sites for hydroxylation is 1. The summed E-state index contributed by atoms with van der Waals surface area (Å²) < 4.78 is 3.20. The van der Waals surface area contributed by atoms with Gasteiger partial charge in [-0.2, -0.15) is 0 Å². The number of nitrogen functional groups attached to an aromatic ring is 1. The summed E-state index contributed by atoms with van der Waals surface area (Å²) in [6, 6.07) is 6.10. The molecule has 0 unspecified atom stereocenters. The van der Waals surface area contributed by atoms with Crippen LogP contribution in [0, 0.1) is 0 Å². The van der Waals surface area contributed by atoms with Gasteiger partial charge in [-0.1, -0.05) is 55.0 Å². The second-order valence-corrected chi connectivity index (χ2v) is 5.94. The molecule has 0 saturated carbocycles. The van der Waals surface area contributed by atoms with E-state index in [0.29, 0.717) is 5.95 Å². The molecule has 0 fully saturated rings. The number of unbranched alkanes of at least 4 members (excludes halogenated alkanes) is 5. The maximum Gasteiger partial charge on any atom is 0.201 e. The van der Waals surface area contributed by atoms with E-state index in [9.17, 15) is 0 Å². The molecule has 0 bridgehead atoms. The van der Waals surface area contributed by atoms with Crippen molar-refractivity contribution >= 4 is 32.9 Å². The van der Waals surface area contributed by atoms with Crippen molar-refractivity contribution in [3.63, 3.8) is 0 Å². The number of nitrogens with zero attached hydrogens (tertiary/aromatic N) is 2. The predicted molar refractivity (Wildman–Crippen MR) is 85.2 cm³/mol. The van der Waals surface area contributed by atoms with E-state index in [1.165, 1.54) is 38.5 Å². The number of rotatable bonds is 7. The van der Waals surface area contributed by atoms with Crippen LogP contribution in [0.1, 0.15) is 45.4 Å². The number of hydrogen-bond donors (Lipinski definition) is 1. The van der Waals surface area contributed by atoms with Crippen molar-refractivity contribution in [3.05, 3.63) is 22.7 Å². The molecule has 0 aliphatic rings. The molecule has 1 aromatic carbocycles. The van der Waals surface area contributed by atoms with Gasteiger partial charge in [0.2, 0.25) is 5.95 Å². The fourth-order valence-corrected chi connectivity index (χ4v) is 2.75. The summed E-state index contributed by atoms with van der Waals surface area (Å²) in [4.78, 5) is 4.40. The Morgan fingerprint density at radius 2 is 1.89 bits per heavy atom. The summed E-state index contributed by atoms with van der Waals surface area (Å²) in [6.45, 7) is 3.21. The quantitative estimate of drug-likeness (QED) is 0.748. The molecule has 0 amide bonds. The first-order valence-corrected chi connectivity index (χ1v) is 7.93. The Morgan fingerprint density at radius 1 is 1.16 bits per heavy atom. The zero-order valence-electron chi connectivity index (χ0n) is 11.5. The van der Waals surface area contributed by atoms with Gasteiger partial charge in [0, 0.05) is 11.0 Å². The van der Waals surface area contributed by atoms with Crippen molar-refractivity contribution in [2.24, 2.45) is 0 Å². The van der Waals surface area contributed by atoms with Crippen LogP contribution in [-0.4, -0.2) is 9.55 Å². The molecule has 0 spiro atoms. The number of benzene rings is 1. The van der Waals surface area contributed by atoms with E-state index in [-0.39, 0.29) is 0 Å². The second kappa shape index (κ2) is 6.94. The van der Waals surface area contributed by atoms with Crippen molar-refractivity contribution < 1.29 is 0 Å². The fourth-order valence-electron chi connectivity index (χ4n) is 2.40. The maximum absolute atomic E-state index is 6.00. The molecule has 0 atom stereocenters. The molecular weight excluding hydrogens is 302 g/mol. The molecule has 0 aliphatic carbocycles. The highest BCUT2D eigenvalue weighted by Crippen LogP contribution is 2.22. The van der Waals surface area contributed by atoms with E-state index >= 15 is 0 Å². The lowest BCUT2D eigenvalue weighted by atomic mass is 10.1. The Balaban J connectivity index is 1.96. The Kier molecular flexibility index (Phi) is 5.25. The van der Waals surface area contributed by atoms with Gasteiger partial charge in [0.05, 0.1) is 11.0 Å². The summed E-state index contributed by atoms with van der Waals surface area (Å²) >= 11 is 3.50. The molecular formula is C15H22BrN3. The van der Waals surface area contributed by atoms with Crippen LogP contribution in [-0.2, 0) is 6.54 Å². The maximum atomic E-state index is 6.00. The normalized spacial score (nSPS) is 11.3. The van der Waals surface area contributed by atoms with Crippen LogP contribution in [0.15, 0.2) is 22.7 Å². The molecule has 2 N–H and O–H groups in total. The number of nitrogens with two attached hydrogens (primary N) is 1. The third kappa shape index (κ3) is 3.72. The van der Waals surface area contributed by atoms with Gasteiger partial charge >= 0.3 is 0 Å².